The highest BCUT2D eigenvalue weighted by atomic mass is 16.5. The molecule has 0 fully saturated rings. The molecule has 1 atom stereocenters. The molecule has 2 N–H and O–H groups in total. The molecule has 4 aromatic carbocycles. The Morgan fingerprint density at radius 2 is 1.46 bits per heavy atom. The van der Waals surface area contributed by atoms with Gasteiger partial charge in [0.2, 0.25) is 6.10 Å². The van der Waals surface area contributed by atoms with Crippen LogP contribution < -0.4 is 15.4 Å². The largest absolute Gasteiger partial charge is 0.495 e. The maximum atomic E-state index is 13.5. The highest BCUT2D eigenvalue weighted by Crippen LogP contribution is 2.30. The van der Waals surface area contributed by atoms with Crippen molar-refractivity contribution in [2.45, 2.75) is 26.9 Å². The monoisotopic (exact) mass is 494 g/mol. The lowest BCUT2D eigenvalue weighted by Crippen LogP contribution is -2.26. The van der Waals surface area contributed by atoms with Crippen LogP contribution in [0.4, 0.5) is 17.1 Å². The minimum atomic E-state index is -1.17. The van der Waals surface area contributed by atoms with Crippen molar-refractivity contribution in [2.24, 2.45) is 0 Å². The lowest BCUT2D eigenvalue weighted by Gasteiger charge is -2.20. The van der Waals surface area contributed by atoms with Crippen molar-refractivity contribution in [1.82, 2.24) is 0 Å². The van der Waals surface area contributed by atoms with Gasteiger partial charge in [-0.05, 0) is 67.8 Å². The molecule has 6 nitrogen and oxygen atoms in total. The van der Waals surface area contributed by atoms with Crippen LogP contribution >= 0.6 is 0 Å². The van der Waals surface area contributed by atoms with Crippen molar-refractivity contribution in [3.63, 3.8) is 0 Å². The molecule has 4 rings (SSSR count). The van der Waals surface area contributed by atoms with Gasteiger partial charge in [0.15, 0.2) is 0 Å². The lowest BCUT2D eigenvalue weighted by molar-refractivity contribution is -0.125. The number of hydrogen-bond donors (Lipinski definition) is 2. The Morgan fingerprint density at radius 3 is 2.22 bits per heavy atom. The van der Waals surface area contributed by atoms with Crippen LogP contribution in [0.2, 0.25) is 0 Å². The molecule has 0 saturated carbocycles. The summed E-state index contributed by atoms with van der Waals surface area (Å²) >= 11 is 0. The summed E-state index contributed by atoms with van der Waals surface area (Å²) in [6.07, 6.45) is -1.17. The number of rotatable bonds is 8. The molecule has 0 aliphatic rings. The molecule has 0 aliphatic carbocycles. The Hall–Kier alpha value is -4.58. The van der Waals surface area contributed by atoms with Crippen LogP contribution in [0.25, 0.3) is 0 Å². The molecule has 6 heteroatoms. The first-order valence-corrected chi connectivity index (χ1v) is 12.0. The number of amides is 1. The van der Waals surface area contributed by atoms with Crippen LogP contribution in [-0.4, -0.2) is 19.0 Å². The predicted molar refractivity (Wildman–Crippen MR) is 147 cm³/mol. The number of carbonyl (C=O) groups excluding carboxylic acids is 2. The van der Waals surface area contributed by atoms with E-state index >= 15 is 0 Å². The van der Waals surface area contributed by atoms with E-state index in [0.29, 0.717) is 28.3 Å². The van der Waals surface area contributed by atoms with Gasteiger partial charge in [-0.3, -0.25) is 4.79 Å². The molecule has 0 aliphatic heterocycles. The Bertz CT molecular complexity index is 1420. The van der Waals surface area contributed by atoms with E-state index in [9.17, 15) is 9.59 Å². The Morgan fingerprint density at radius 1 is 0.757 bits per heavy atom. The van der Waals surface area contributed by atoms with Crippen molar-refractivity contribution >= 4 is 28.9 Å². The molecular formula is C31H30N2O4. The Kier molecular flexibility index (Phi) is 7.89. The van der Waals surface area contributed by atoms with Crippen molar-refractivity contribution in [2.75, 3.05) is 17.7 Å². The van der Waals surface area contributed by atoms with Crippen molar-refractivity contribution in [1.29, 1.82) is 0 Å². The third-order valence-corrected chi connectivity index (χ3v) is 6.20. The lowest BCUT2D eigenvalue weighted by atomic mass is 10.1. The number of carbonyl (C=O) groups is 2. The standard InChI is InChI=1S/C31H30N2O4/c1-20-17-18-28(36-4)27(19-20)33-30(34)29(23-12-6-5-7-13-23)37-31(35)24-14-8-9-15-26(24)32-25-16-10-11-21(2)22(25)3/h5-19,29,32H,1-4H3,(H,33,34). The molecule has 0 spiro atoms. The molecule has 1 amide bonds. The normalized spacial score (nSPS) is 11.4. The van der Waals surface area contributed by atoms with Crippen LogP contribution in [0.5, 0.6) is 5.75 Å². The first kappa shape index (κ1) is 25.5. The summed E-state index contributed by atoms with van der Waals surface area (Å²) in [5.74, 6) is -0.586. The van der Waals surface area contributed by atoms with E-state index in [4.69, 9.17) is 9.47 Å². The van der Waals surface area contributed by atoms with Gasteiger partial charge in [-0.15, -0.1) is 0 Å². The van der Waals surface area contributed by atoms with E-state index < -0.39 is 18.0 Å². The van der Waals surface area contributed by atoms with Gasteiger partial charge in [0, 0.05) is 11.3 Å². The minimum absolute atomic E-state index is 0.324. The average molecular weight is 495 g/mol. The summed E-state index contributed by atoms with van der Waals surface area (Å²) in [4.78, 5) is 26.9. The van der Waals surface area contributed by atoms with Gasteiger partial charge in [-0.2, -0.15) is 0 Å². The number of anilines is 3. The number of para-hydroxylation sites is 1. The fourth-order valence-electron chi connectivity index (χ4n) is 3.99. The summed E-state index contributed by atoms with van der Waals surface area (Å²) in [7, 11) is 1.54. The first-order chi connectivity index (χ1) is 17.9. The van der Waals surface area contributed by atoms with Crippen molar-refractivity contribution in [3.8, 4) is 5.75 Å². The molecule has 0 saturated heterocycles. The van der Waals surface area contributed by atoms with Gasteiger partial charge in [0.25, 0.3) is 5.91 Å². The van der Waals surface area contributed by atoms with Crippen molar-refractivity contribution < 1.29 is 19.1 Å². The molecule has 37 heavy (non-hydrogen) atoms. The predicted octanol–water partition coefficient (Wildman–Crippen LogP) is 6.90. The molecule has 4 aromatic rings. The van der Waals surface area contributed by atoms with Crippen LogP contribution in [0.1, 0.15) is 38.7 Å². The fourth-order valence-corrected chi connectivity index (χ4v) is 3.99. The van der Waals surface area contributed by atoms with E-state index in [0.717, 1.165) is 22.4 Å². The summed E-state index contributed by atoms with van der Waals surface area (Å²) in [5, 5.41) is 6.22. The minimum Gasteiger partial charge on any atom is -0.495 e. The van der Waals surface area contributed by atoms with E-state index in [1.165, 1.54) is 7.11 Å². The second kappa shape index (κ2) is 11.4. The number of esters is 1. The van der Waals surface area contributed by atoms with Crippen LogP contribution in [0, 0.1) is 20.8 Å². The van der Waals surface area contributed by atoms with Crippen LogP contribution in [0.3, 0.4) is 0 Å². The molecular weight excluding hydrogens is 464 g/mol. The van der Waals surface area contributed by atoms with E-state index in [1.807, 2.05) is 69.3 Å². The zero-order valence-electron chi connectivity index (χ0n) is 21.4. The molecule has 188 valence electrons. The highest BCUT2D eigenvalue weighted by Gasteiger charge is 2.27. The number of benzene rings is 4. The smallest absolute Gasteiger partial charge is 0.341 e. The summed E-state index contributed by atoms with van der Waals surface area (Å²) in [6.45, 7) is 5.98. The second-order valence-corrected chi connectivity index (χ2v) is 8.81. The maximum absolute atomic E-state index is 13.5. The molecule has 0 bridgehead atoms. The first-order valence-electron chi connectivity index (χ1n) is 12.0. The Labute approximate surface area is 217 Å². The van der Waals surface area contributed by atoms with E-state index in [1.54, 1.807) is 42.5 Å². The number of methoxy groups -OCH3 is 1. The third kappa shape index (κ3) is 5.98. The number of hydrogen-bond acceptors (Lipinski definition) is 5. The van der Waals surface area contributed by atoms with Crippen LogP contribution in [-0.2, 0) is 9.53 Å². The molecule has 0 radical (unpaired) electrons. The van der Waals surface area contributed by atoms with Gasteiger partial charge in [-0.25, -0.2) is 4.79 Å². The van der Waals surface area contributed by atoms with Gasteiger partial charge >= 0.3 is 5.97 Å². The fraction of sp³-hybridized carbons (Fsp3) is 0.161. The van der Waals surface area contributed by atoms with Crippen molar-refractivity contribution in [3.05, 3.63) is 119 Å². The molecule has 1 unspecified atom stereocenters. The van der Waals surface area contributed by atoms with E-state index in [2.05, 4.69) is 10.6 Å². The molecule has 0 aromatic heterocycles. The number of aryl methyl sites for hydroxylation is 2. The summed E-state index contributed by atoms with van der Waals surface area (Å²) in [6, 6.07) is 27.5. The summed E-state index contributed by atoms with van der Waals surface area (Å²) in [5.41, 5.74) is 6.04. The van der Waals surface area contributed by atoms with Gasteiger partial charge in [-0.1, -0.05) is 60.7 Å². The topological polar surface area (TPSA) is 76.7 Å². The number of nitrogens with one attached hydrogen (secondary N) is 2. The quantitative estimate of drug-likeness (QED) is 0.261. The Balaban J connectivity index is 1.63. The zero-order chi connectivity index (χ0) is 26.4. The highest BCUT2D eigenvalue weighted by molar-refractivity contribution is 6.01. The average Bonchev–Trinajstić information content (AvgIpc) is 2.90. The maximum Gasteiger partial charge on any atom is 0.341 e. The SMILES string of the molecule is COc1ccc(C)cc1NC(=O)C(OC(=O)c1ccccc1Nc1cccc(C)c1C)c1ccccc1. The second-order valence-electron chi connectivity index (χ2n) is 8.81. The zero-order valence-corrected chi connectivity index (χ0v) is 21.4. The van der Waals surface area contributed by atoms with E-state index in [-0.39, 0.29) is 0 Å². The van der Waals surface area contributed by atoms with Crippen LogP contribution in [0.15, 0.2) is 91.0 Å². The van der Waals surface area contributed by atoms with Gasteiger partial charge < -0.3 is 20.1 Å². The summed E-state index contributed by atoms with van der Waals surface area (Å²) < 4.78 is 11.3. The van der Waals surface area contributed by atoms with Gasteiger partial charge in [0.05, 0.1) is 24.0 Å². The molecule has 0 heterocycles. The third-order valence-electron chi connectivity index (χ3n) is 6.20. The number of ether oxygens (including phenoxy) is 2. The van der Waals surface area contributed by atoms with Gasteiger partial charge in [0.1, 0.15) is 5.75 Å².